The molecule has 33 heavy (non-hydrogen) atoms. The smallest absolute Gasteiger partial charge is 0.343 e. The molecule has 182 valence electrons. The summed E-state index contributed by atoms with van der Waals surface area (Å²) in [6.07, 6.45) is 0.894. The van der Waals surface area contributed by atoms with Crippen LogP contribution in [-0.4, -0.2) is 80.6 Å². The first kappa shape index (κ1) is 26.2. The molecule has 8 nitrogen and oxygen atoms in total. The van der Waals surface area contributed by atoms with Gasteiger partial charge < -0.3 is 24.4 Å². The Kier molecular flexibility index (Phi) is 9.27. The summed E-state index contributed by atoms with van der Waals surface area (Å²) in [5, 5.41) is 10.6. The van der Waals surface area contributed by atoms with Crippen molar-refractivity contribution in [3.8, 4) is 0 Å². The summed E-state index contributed by atoms with van der Waals surface area (Å²) < 4.78 is 54.3. The van der Waals surface area contributed by atoms with Crippen molar-refractivity contribution in [1.82, 2.24) is 4.90 Å². The van der Waals surface area contributed by atoms with Crippen LogP contribution in [0.25, 0.3) is 5.76 Å². The summed E-state index contributed by atoms with van der Waals surface area (Å²) in [5.41, 5.74) is -1.97. The maximum Gasteiger partial charge on any atom is 0.343 e. The molecule has 0 amide bonds. The van der Waals surface area contributed by atoms with E-state index in [4.69, 9.17) is 9.47 Å². The number of carbonyl (C=O) groups is 2. The number of ether oxygens (including phenoxy) is 2. The molecule has 0 saturated carbocycles. The minimum absolute atomic E-state index is 0.0694. The highest BCUT2D eigenvalue weighted by Gasteiger charge is 2.28. The number of piperazine rings is 1. The predicted molar refractivity (Wildman–Crippen MR) is 117 cm³/mol. The predicted octanol–water partition coefficient (Wildman–Crippen LogP) is 2.71. The van der Waals surface area contributed by atoms with Crippen LogP contribution in [0.3, 0.4) is 0 Å². The first-order valence-electron chi connectivity index (χ1n) is 10.4. The van der Waals surface area contributed by atoms with Gasteiger partial charge in [-0.3, -0.25) is 9.79 Å². The fourth-order valence-corrected chi connectivity index (χ4v) is 3.12. The Morgan fingerprint density at radius 1 is 1.18 bits per heavy atom. The van der Waals surface area contributed by atoms with E-state index in [-0.39, 0.29) is 13.2 Å². The van der Waals surface area contributed by atoms with E-state index in [0.717, 1.165) is 6.21 Å². The Morgan fingerprint density at radius 2 is 1.82 bits per heavy atom. The third-order valence-corrected chi connectivity index (χ3v) is 4.95. The number of benzene rings is 1. The minimum atomic E-state index is -1.51. The molecule has 0 aliphatic carbocycles. The first-order valence-corrected chi connectivity index (χ1v) is 10.4. The zero-order valence-corrected chi connectivity index (χ0v) is 19.0. The molecule has 0 unspecified atom stereocenters. The quantitative estimate of drug-likeness (QED) is 0.205. The van der Waals surface area contributed by atoms with E-state index in [1.165, 1.54) is 18.7 Å². The molecule has 1 fully saturated rings. The number of carbonyl (C=O) groups excluding carboxylic acids is 2. The molecule has 1 atom stereocenters. The second-order valence-electron chi connectivity index (χ2n) is 7.59. The standard InChI is InChI=1S/C22H28F3N3O5/c1-5-32-22(31)16(11-26-13(2)12-33-14(3)29)21(30)15-10-17(23)20(19(25)18(15)24)28-8-6-27(4)7-9-28/h10-11,13,30H,5-9,12H2,1-4H3/b21-16+,26-11?/t13-/m0/s1. The van der Waals surface area contributed by atoms with Crippen molar-refractivity contribution in [2.75, 3.05) is 51.3 Å². The van der Waals surface area contributed by atoms with Gasteiger partial charge in [0.15, 0.2) is 11.6 Å². The van der Waals surface area contributed by atoms with Gasteiger partial charge in [-0.15, -0.1) is 0 Å². The molecule has 1 aliphatic rings. The van der Waals surface area contributed by atoms with Crippen LogP contribution in [0.5, 0.6) is 0 Å². The molecule has 0 bridgehead atoms. The largest absolute Gasteiger partial charge is 0.506 e. The van der Waals surface area contributed by atoms with E-state index < -0.39 is 58.0 Å². The average molecular weight is 471 g/mol. The van der Waals surface area contributed by atoms with Gasteiger partial charge in [0.25, 0.3) is 0 Å². The van der Waals surface area contributed by atoms with Crippen molar-refractivity contribution < 1.29 is 37.3 Å². The van der Waals surface area contributed by atoms with E-state index in [9.17, 15) is 27.9 Å². The Hall–Kier alpha value is -3.08. The number of esters is 2. The van der Waals surface area contributed by atoms with Gasteiger partial charge in [0.1, 0.15) is 29.4 Å². The molecule has 0 radical (unpaired) electrons. The van der Waals surface area contributed by atoms with Gasteiger partial charge in [-0.2, -0.15) is 0 Å². The van der Waals surface area contributed by atoms with Crippen molar-refractivity contribution in [2.24, 2.45) is 4.99 Å². The number of aliphatic hydroxyl groups is 1. The number of anilines is 1. The molecular formula is C22H28F3N3O5. The molecule has 0 spiro atoms. The zero-order valence-electron chi connectivity index (χ0n) is 19.0. The van der Waals surface area contributed by atoms with Gasteiger partial charge >= 0.3 is 11.9 Å². The number of nitrogens with zero attached hydrogens (tertiary/aromatic N) is 3. The van der Waals surface area contributed by atoms with Gasteiger partial charge in [0, 0.05) is 39.3 Å². The fraction of sp³-hybridized carbons (Fsp3) is 0.500. The lowest BCUT2D eigenvalue weighted by molar-refractivity contribution is -0.141. The Morgan fingerprint density at radius 3 is 2.39 bits per heavy atom. The van der Waals surface area contributed by atoms with Crippen molar-refractivity contribution in [1.29, 1.82) is 0 Å². The third kappa shape index (κ3) is 6.70. The Bertz CT molecular complexity index is 944. The summed E-state index contributed by atoms with van der Waals surface area (Å²) in [4.78, 5) is 30.6. The number of hydrogen-bond donors (Lipinski definition) is 1. The van der Waals surface area contributed by atoms with E-state index in [0.29, 0.717) is 32.2 Å². The summed E-state index contributed by atoms with van der Waals surface area (Å²) in [6, 6.07) is 0.0144. The number of rotatable bonds is 8. The van der Waals surface area contributed by atoms with Crippen LogP contribution in [0.1, 0.15) is 26.3 Å². The number of halogens is 3. The summed E-state index contributed by atoms with van der Waals surface area (Å²) in [5.74, 6) is -6.69. The normalized spacial score (nSPS) is 16.5. The Balaban J connectivity index is 2.46. The van der Waals surface area contributed by atoms with Crippen LogP contribution in [0, 0.1) is 17.5 Å². The minimum Gasteiger partial charge on any atom is -0.506 e. The second-order valence-corrected chi connectivity index (χ2v) is 7.59. The highest BCUT2D eigenvalue weighted by Crippen LogP contribution is 2.32. The highest BCUT2D eigenvalue weighted by molar-refractivity contribution is 6.15. The molecule has 2 rings (SSSR count). The van der Waals surface area contributed by atoms with Crippen LogP contribution < -0.4 is 4.90 Å². The van der Waals surface area contributed by atoms with E-state index >= 15 is 0 Å². The molecule has 1 saturated heterocycles. The summed E-state index contributed by atoms with van der Waals surface area (Å²) in [7, 11) is 1.86. The van der Waals surface area contributed by atoms with Crippen LogP contribution in [0.2, 0.25) is 0 Å². The van der Waals surface area contributed by atoms with Crippen molar-refractivity contribution in [3.05, 3.63) is 34.7 Å². The average Bonchev–Trinajstić information content (AvgIpc) is 2.76. The second kappa shape index (κ2) is 11.7. The number of hydrogen-bond acceptors (Lipinski definition) is 8. The van der Waals surface area contributed by atoms with Crippen LogP contribution in [0.15, 0.2) is 16.6 Å². The molecule has 11 heteroatoms. The number of aliphatic imine (C=N–C) groups is 1. The van der Waals surface area contributed by atoms with Crippen LogP contribution in [0.4, 0.5) is 18.9 Å². The van der Waals surface area contributed by atoms with Crippen LogP contribution >= 0.6 is 0 Å². The summed E-state index contributed by atoms with van der Waals surface area (Å²) >= 11 is 0. The number of likely N-dealkylation sites (N-methyl/N-ethyl adjacent to an activating group) is 1. The molecule has 1 N–H and O–H groups in total. The Labute approximate surface area is 190 Å². The maximum atomic E-state index is 14.9. The molecule has 0 aromatic heterocycles. The lowest BCUT2D eigenvalue weighted by Crippen LogP contribution is -2.45. The SMILES string of the molecule is CCOC(=O)/C(C=N[C@@H](C)COC(C)=O)=C(/O)c1cc(F)c(N2CCN(C)CC2)c(F)c1F. The van der Waals surface area contributed by atoms with Crippen molar-refractivity contribution in [3.63, 3.8) is 0 Å². The van der Waals surface area contributed by atoms with Gasteiger partial charge in [-0.1, -0.05) is 0 Å². The van der Waals surface area contributed by atoms with E-state index in [2.05, 4.69) is 4.99 Å². The maximum absolute atomic E-state index is 14.9. The van der Waals surface area contributed by atoms with Gasteiger partial charge in [-0.25, -0.2) is 18.0 Å². The molecule has 1 aliphatic heterocycles. The molecule has 1 heterocycles. The van der Waals surface area contributed by atoms with Gasteiger partial charge in [0.05, 0.1) is 18.2 Å². The highest BCUT2D eigenvalue weighted by atomic mass is 19.2. The number of aliphatic hydroxyl groups excluding tert-OH is 1. The van der Waals surface area contributed by atoms with Gasteiger partial charge in [-0.05, 0) is 27.0 Å². The van der Waals surface area contributed by atoms with Gasteiger partial charge in [0.2, 0.25) is 0 Å². The lowest BCUT2D eigenvalue weighted by atomic mass is 10.1. The monoisotopic (exact) mass is 471 g/mol. The fourth-order valence-electron chi connectivity index (χ4n) is 3.12. The van der Waals surface area contributed by atoms with Crippen molar-refractivity contribution >= 4 is 29.6 Å². The summed E-state index contributed by atoms with van der Waals surface area (Å²) in [6.45, 7) is 5.79. The molecule has 1 aromatic carbocycles. The third-order valence-electron chi connectivity index (χ3n) is 4.95. The van der Waals surface area contributed by atoms with E-state index in [1.54, 1.807) is 6.92 Å². The van der Waals surface area contributed by atoms with Crippen molar-refractivity contribution in [2.45, 2.75) is 26.8 Å². The zero-order chi connectivity index (χ0) is 24.7. The topological polar surface area (TPSA) is 91.7 Å². The lowest BCUT2D eigenvalue weighted by Gasteiger charge is -2.34. The first-order chi connectivity index (χ1) is 15.6. The van der Waals surface area contributed by atoms with Crippen LogP contribution in [-0.2, 0) is 19.1 Å². The van der Waals surface area contributed by atoms with E-state index in [1.807, 2.05) is 11.9 Å². The molecule has 1 aromatic rings. The molecular weight excluding hydrogens is 443 g/mol.